The fourth-order valence-corrected chi connectivity index (χ4v) is 2.10. The number of hydrogen-bond donors (Lipinski definition) is 1. The number of carbonyl (C=O) groups is 2. The highest BCUT2D eigenvalue weighted by Gasteiger charge is 2.24. The molecule has 0 aliphatic heterocycles. The van der Waals surface area contributed by atoms with E-state index in [4.69, 9.17) is 9.26 Å². The SMILES string of the molecule is Cc1noc(C(C)C)c1C(=O)OCC(=O)Nc1ccc([N+](=O)[O-])cc1. The maximum absolute atomic E-state index is 12.2. The molecule has 0 bridgehead atoms. The van der Waals surface area contributed by atoms with E-state index >= 15 is 0 Å². The lowest BCUT2D eigenvalue weighted by atomic mass is 10.1. The van der Waals surface area contributed by atoms with Crippen LogP contribution in [0.3, 0.4) is 0 Å². The van der Waals surface area contributed by atoms with Gasteiger partial charge < -0.3 is 14.6 Å². The first kappa shape index (κ1) is 18.1. The lowest BCUT2D eigenvalue weighted by Gasteiger charge is -2.07. The molecular formula is C16H17N3O6. The number of amides is 1. The Morgan fingerprint density at radius 2 is 1.96 bits per heavy atom. The average Bonchev–Trinajstić information content (AvgIpc) is 2.95. The van der Waals surface area contributed by atoms with Crippen LogP contribution in [-0.2, 0) is 9.53 Å². The molecule has 0 unspecified atom stereocenters. The number of esters is 1. The summed E-state index contributed by atoms with van der Waals surface area (Å²) in [4.78, 5) is 34.0. The molecule has 0 aliphatic carbocycles. The second-order valence-electron chi connectivity index (χ2n) is 5.59. The molecule has 0 spiro atoms. The normalized spacial score (nSPS) is 10.6. The van der Waals surface area contributed by atoms with E-state index in [9.17, 15) is 19.7 Å². The third-order valence-corrected chi connectivity index (χ3v) is 3.31. The number of rotatable bonds is 6. The third kappa shape index (κ3) is 4.40. The van der Waals surface area contributed by atoms with Gasteiger partial charge in [-0.2, -0.15) is 0 Å². The van der Waals surface area contributed by atoms with Crippen molar-refractivity contribution in [3.8, 4) is 0 Å². The molecule has 0 saturated carbocycles. The van der Waals surface area contributed by atoms with E-state index in [0.717, 1.165) is 0 Å². The summed E-state index contributed by atoms with van der Waals surface area (Å²) in [5.74, 6) is -0.917. The highest BCUT2D eigenvalue weighted by atomic mass is 16.6. The second-order valence-corrected chi connectivity index (χ2v) is 5.59. The lowest BCUT2D eigenvalue weighted by molar-refractivity contribution is -0.384. The minimum atomic E-state index is -0.693. The summed E-state index contributed by atoms with van der Waals surface area (Å²) in [6, 6.07) is 5.30. The molecule has 9 nitrogen and oxygen atoms in total. The van der Waals surface area contributed by atoms with Gasteiger partial charge in [0.15, 0.2) is 12.4 Å². The lowest BCUT2D eigenvalue weighted by Crippen LogP contribution is -2.21. The van der Waals surface area contributed by atoms with Crippen molar-refractivity contribution in [3.05, 3.63) is 51.4 Å². The molecule has 25 heavy (non-hydrogen) atoms. The monoisotopic (exact) mass is 347 g/mol. The van der Waals surface area contributed by atoms with Gasteiger partial charge in [0.1, 0.15) is 5.56 Å². The van der Waals surface area contributed by atoms with E-state index in [0.29, 0.717) is 17.1 Å². The summed E-state index contributed by atoms with van der Waals surface area (Å²) in [5.41, 5.74) is 0.881. The van der Waals surface area contributed by atoms with Crippen LogP contribution < -0.4 is 5.32 Å². The van der Waals surface area contributed by atoms with Crippen molar-refractivity contribution in [1.82, 2.24) is 5.16 Å². The van der Waals surface area contributed by atoms with Crippen molar-refractivity contribution in [2.24, 2.45) is 0 Å². The van der Waals surface area contributed by atoms with Crippen molar-refractivity contribution >= 4 is 23.3 Å². The molecule has 1 amide bonds. The van der Waals surface area contributed by atoms with Gasteiger partial charge in [-0.05, 0) is 19.1 Å². The Morgan fingerprint density at radius 1 is 1.32 bits per heavy atom. The van der Waals surface area contributed by atoms with Gasteiger partial charge in [0.2, 0.25) is 0 Å². The fourth-order valence-electron chi connectivity index (χ4n) is 2.10. The van der Waals surface area contributed by atoms with E-state index < -0.39 is 23.4 Å². The van der Waals surface area contributed by atoms with Gasteiger partial charge in [0.05, 0.1) is 10.6 Å². The summed E-state index contributed by atoms with van der Waals surface area (Å²) < 4.78 is 10.1. The largest absolute Gasteiger partial charge is 0.452 e. The quantitative estimate of drug-likeness (QED) is 0.484. The number of nitro groups is 1. The Bertz CT molecular complexity index is 795. The molecule has 1 heterocycles. The number of nitrogens with one attached hydrogen (secondary N) is 1. The molecule has 0 aliphatic rings. The van der Waals surface area contributed by atoms with Crippen molar-refractivity contribution in [2.75, 3.05) is 11.9 Å². The van der Waals surface area contributed by atoms with Crippen LogP contribution in [0.4, 0.5) is 11.4 Å². The summed E-state index contributed by atoms with van der Waals surface area (Å²) >= 11 is 0. The fraction of sp³-hybridized carbons (Fsp3) is 0.312. The summed E-state index contributed by atoms with van der Waals surface area (Å²) in [6.07, 6.45) is 0. The molecule has 2 aromatic rings. The minimum Gasteiger partial charge on any atom is -0.452 e. The van der Waals surface area contributed by atoms with Crippen LogP contribution in [0.5, 0.6) is 0 Å². The zero-order valence-corrected chi connectivity index (χ0v) is 13.9. The van der Waals surface area contributed by atoms with E-state index in [1.54, 1.807) is 6.92 Å². The molecule has 0 saturated heterocycles. The first-order chi connectivity index (χ1) is 11.8. The van der Waals surface area contributed by atoms with Gasteiger partial charge in [-0.3, -0.25) is 14.9 Å². The van der Waals surface area contributed by atoms with Gasteiger partial charge in [0, 0.05) is 23.7 Å². The molecule has 1 aromatic carbocycles. The van der Waals surface area contributed by atoms with Crippen molar-refractivity contribution in [2.45, 2.75) is 26.7 Å². The maximum atomic E-state index is 12.2. The molecule has 132 valence electrons. The smallest absolute Gasteiger partial charge is 0.344 e. The number of nitro benzene ring substituents is 1. The number of benzene rings is 1. The third-order valence-electron chi connectivity index (χ3n) is 3.31. The molecule has 9 heteroatoms. The van der Waals surface area contributed by atoms with Crippen LogP contribution >= 0.6 is 0 Å². The minimum absolute atomic E-state index is 0.0577. The Hall–Kier alpha value is -3.23. The standard InChI is InChI=1S/C16H17N3O6/c1-9(2)15-14(10(3)18-25-15)16(21)24-8-13(20)17-11-4-6-12(7-5-11)19(22)23/h4-7,9H,8H2,1-3H3,(H,17,20). The predicted octanol–water partition coefficient (Wildman–Crippen LogP) is 2.81. The van der Waals surface area contributed by atoms with E-state index in [1.807, 2.05) is 13.8 Å². The topological polar surface area (TPSA) is 125 Å². The number of anilines is 1. The molecule has 2 rings (SSSR count). The van der Waals surface area contributed by atoms with E-state index in [-0.39, 0.29) is 17.2 Å². The van der Waals surface area contributed by atoms with Gasteiger partial charge >= 0.3 is 5.97 Å². The first-order valence-corrected chi connectivity index (χ1v) is 7.47. The number of hydrogen-bond acceptors (Lipinski definition) is 7. The van der Waals surface area contributed by atoms with E-state index in [2.05, 4.69) is 10.5 Å². The van der Waals surface area contributed by atoms with Gasteiger partial charge in [-0.1, -0.05) is 19.0 Å². The second kappa shape index (κ2) is 7.56. The number of carbonyl (C=O) groups excluding carboxylic acids is 2. The van der Waals surface area contributed by atoms with Gasteiger partial charge in [-0.15, -0.1) is 0 Å². The Morgan fingerprint density at radius 3 is 2.52 bits per heavy atom. The van der Waals surface area contributed by atoms with Crippen molar-refractivity contribution < 1.29 is 23.8 Å². The summed E-state index contributed by atoms with van der Waals surface area (Å²) in [5, 5.41) is 16.8. The molecule has 1 N–H and O–H groups in total. The molecule has 0 radical (unpaired) electrons. The first-order valence-electron chi connectivity index (χ1n) is 7.47. The average molecular weight is 347 g/mol. The zero-order valence-electron chi connectivity index (χ0n) is 13.9. The summed E-state index contributed by atoms with van der Waals surface area (Å²) in [6.45, 7) is 4.80. The predicted molar refractivity (Wildman–Crippen MR) is 87.3 cm³/mol. The number of ether oxygens (including phenoxy) is 1. The molecule has 1 aromatic heterocycles. The van der Waals surface area contributed by atoms with Crippen LogP contribution in [0.1, 0.15) is 41.6 Å². The molecular weight excluding hydrogens is 330 g/mol. The van der Waals surface area contributed by atoms with E-state index in [1.165, 1.54) is 24.3 Å². The van der Waals surface area contributed by atoms with Crippen LogP contribution in [0.25, 0.3) is 0 Å². The number of non-ortho nitro benzene ring substituents is 1. The van der Waals surface area contributed by atoms with Crippen LogP contribution in [-0.4, -0.2) is 28.6 Å². The van der Waals surface area contributed by atoms with Gasteiger partial charge in [0.25, 0.3) is 11.6 Å². The van der Waals surface area contributed by atoms with Crippen molar-refractivity contribution in [1.29, 1.82) is 0 Å². The molecule has 0 fully saturated rings. The number of aryl methyl sites for hydroxylation is 1. The Kier molecular flexibility index (Phi) is 5.48. The molecule has 0 atom stereocenters. The zero-order chi connectivity index (χ0) is 18.6. The van der Waals surface area contributed by atoms with Gasteiger partial charge in [-0.25, -0.2) is 4.79 Å². The highest BCUT2D eigenvalue weighted by molar-refractivity contribution is 5.96. The number of nitrogens with zero attached hydrogens (tertiary/aromatic N) is 2. The number of aromatic nitrogens is 1. The Balaban J connectivity index is 1.95. The van der Waals surface area contributed by atoms with Crippen LogP contribution in [0.2, 0.25) is 0 Å². The van der Waals surface area contributed by atoms with Crippen molar-refractivity contribution in [3.63, 3.8) is 0 Å². The highest BCUT2D eigenvalue weighted by Crippen LogP contribution is 2.23. The summed E-state index contributed by atoms with van der Waals surface area (Å²) in [7, 11) is 0. The Labute approximate surface area is 143 Å². The van der Waals surface area contributed by atoms with Crippen LogP contribution in [0.15, 0.2) is 28.8 Å². The maximum Gasteiger partial charge on any atom is 0.344 e. The van der Waals surface area contributed by atoms with Crippen LogP contribution in [0, 0.1) is 17.0 Å².